The summed E-state index contributed by atoms with van der Waals surface area (Å²) in [5.41, 5.74) is 4.98. The van der Waals surface area contributed by atoms with Gasteiger partial charge in [-0.3, -0.25) is 9.69 Å². The van der Waals surface area contributed by atoms with Crippen LogP contribution in [0.1, 0.15) is 48.2 Å². The highest BCUT2D eigenvalue weighted by molar-refractivity contribution is 5.86. The van der Waals surface area contributed by atoms with Crippen LogP contribution in [0.4, 0.5) is 10.6 Å². The average molecular weight is 528 g/mol. The summed E-state index contributed by atoms with van der Waals surface area (Å²) in [6.07, 6.45) is 3.49. The van der Waals surface area contributed by atoms with Gasteiger partial charge >= 0.3 is 12.1 Å². The number of nitrogens with zero attached hydrogens (tertiary/aromatic N) is 3. The summed E-state index contributed by atoms with van der Waals surface area (Å²) in [6.45, 7) is 5.10. The molecular formula is C31H33N3O5. The number of amides is 1. The Morgan fingerprint density at radius 3 is 2.67 bits per heavy atom. The molecule has 8 heteroatoms. The molecule has 0 saturated carbocycles. The minimum atomic E-state index is -0.969. The van der Waals surface area contributed by atoms with Crippen molar-refractivity contribution in [3.05, 3.63) is 89.2 Å². The van der Waals surface area contributed by atoms with E-state index in [4.69, 9.17) is 9.47 Å². The van der Waals surface area contributed by atoms with E-state index in [0.29, 0.717) is 32.0 Å². The number of ether oxygens (including phenoxy) is 2. The van der Waals surface area contributed by atoms with E-state index in [0.717, 1.165) is 51.9 Å². The number of carboxylic acid groups (broad SMARTS) is 1. The first-order valence-corrected chi connectivity index (χ1v) is 13.4. The van der Waals surface area contributed by atoms with E-state index >= 15 is 0 Å². The molecule has 1 atom stereocenters. The van der Waals surface area contributed by atoms with Crippen molar-refractivity contribution < 1.29 is 24.2 Å². The second-order valence-corrected chi connectivity index (χ2v) is 9.80. The average Bonchev–Trinajstić information content (AvgIpc) is 3.35. The molecule has 39 heavy (non-hydrogen) atoms. The van der Waals surface area contributed by atoms with E-state index in [9.17, 15) is 14.7 Å². The van der Waals surface area contributed by atoms with E-state index in [2.05, 4.69) is 33.8 Å². The summed E-state index contributed by atoms with van der Waals surface area (Å²) >= 11 is 0. The molecule has 1 amide bonds. The molecule has 8 nitrogen and oxygen atoms in total. The number of rotatable bonds is 9. The molecule has 0 radical (unpaired) electrons. The summed E-state index contributed by atoms with van der Waals surface area (Å²) in [7, 11) is 0. The number of hydrogen-bond acceptors (Lipinski definition) is 5. The Labute approximate surface area is 227 Å². The minimum absolute atomic E-state index is 0.186. The first-order valence-electron chi connectivity index (χ1n) is 13.4. The van der Waals surface area contributed by atoms with Crippen LogP contribution in [0, 0.1) is 6.92 Å². The van der Waals surface area contributed by atoms with Crippen molar-refractivity contribution in [2.24, 2.45) is 0 Å². The maximum atomic E-state index is 12.5. The molecular weight excluding hydrogens is 494 g/mol. The van der Waals surface area contributed by atoms with Crippen LogP contribution in [-0.2, 0) is 22.4 Å². The van der Waals surface area contributed by atoms with Gasteiger partial charge in [0, 0.05) is 35.8 Å². The number of fused-ring (bicyclic) bond motifs is 2. The van der Waals surface area contributed by atoms with Gasteiger partial charge in [-0.2, -0.15) is 0 Å². The summed E-state index contributed by atoms with van der Waals surface area (Å²) in [4.78, 5) is 30.0. The van der Waals surface area contributed by atoms with Crippen LogP contribution in [0.2, 0.25) is 0 Å². The summed E-state index contributed by atoms with van der Waals surface area (Å²) in [6, 6.07) is 19.9. The predicted octanol–water partition coefficient (Wildman–Crippen LogP) is 5.94. The van der Waals surface area contributed by atoms with Crippen molar-refractivity contribution in [1.29, 1.82) is 0 Å². The summed E-state index contributed by atoms with van der Waals surface area (Å²) in [5.74, 6) is 1.05. The van der Waals surface area contributed by atoms with Crippen molar-refractivity contribution in [2.75, 3.05) is 24.7 Å². The number of benzene rings is 2. The Kier molecular flexibility index (Phi) is 7.81. The molecule has 0 spiro atoms. The Morgan fingerprint density at radius 2 is 1.90 bits per heavy atom. The van der Waals surface area contributed by atoms with Gasteiger partial charge in [0.2, 0.25) is 0 Å². The van der Waals surface area contributed by atoms with E-state index in [1.807, 2.05) is 56.4 Å². The molecule has 0 fully saturated rings. The van der Waals surface area contributed by atoms with Crippen molar-refractivity contribution in [2.45, 2.75) is 45.6 Å². The number of aryl methyl sites for hydroxylation is 2. The fourth-order valence-electron chi connectivity index (χ4n) is 5.12. The SMILES string of the molecule is CCOC(=O)CC(c1ccc(C)cc1)n1ccc2cc(OCCc3ccc4c(n3)N(C(=O)O)CCC4)ccc21. The van der Waals surface area contributed by atoms with Crippen molar-refractivity contribution in [3.8, 4) is 5.75 Å². The van der Waals surface area contributed by atoms with E-state index in [1.165, 1.54) is 4.90 Å². The zero-order chi connectivity index (χ0) is 27.4. The first kappa shape index (κ1) is 26.3. The number of aromatic nitrogens is 2. The largest absolute Gasteiger partial charge is 0.493 e. The highest BCUT2D eigenvalue weighted by Gasteiger charge is 2.24. The highest BCUT2D eigenvalue weighted by atomic mass is 16.5. The van der Waals surface area contributed by atoms with Gasteiger partial charge in [-0.15, -0.1) is 0 Å². The van der Waals surface area contributed by atoms with E-state index in [-0.39, 0.29) is 18.4 Å². The molecule has 5 rings (SSSR count). The Bertz CT molecular complexity index is 1480. The quantitative estimate of drug-likeness (QED) is 0.271. The molecule has 0 saturated heterocycles. The number of carbonyl (C=O) groups excluding carboxylic acids is 1. The minimum Gasteiger partial charge on any atom is -0.493 e. The van der Waals surface area contributed by atoms with Crippen LogP contribution >= 0.6 is 0 Å². The molecule has 1 unspecified atom stereocenters. The normalized spacial score (nSPS) is 13.6. The van der Waals surface area contributed by atoms with Gasteiger partial charge in [0.25, 0.3) is 0 Å². The zero-order valence-corrected chi connectivity index (χ0v) is 22.3. The number of pyridine rings is 1. The van der Waals surface area contributed by atoms with Crippen molar-refractivity contribution in [3.63, 3.8) is 0 Å². The van der Waals surface area contributed by atoms with Gasteiger partial charge in [-0.25, -0.2) is 9.78 Å². The standard InChI is InChI=1S/C31H33N3O5/c1-3-38-29(35)20-28(22-8-6-21(2)7-9-22)33-17-14-24-19-26(12-13-27(24)33)39-18-15-25-11-10-23-5-4-16-34(31(36)37)30(23)32-25/h6-14,17,19,28H,3-5,15-16,18,20H2,1-2H3,(H,36,37). The third kappa shape index (κ3) is 5.90. The molecule has 4 aromatic rings. The van der Waals surface area contributed by atoms with Gasteiger partial charge < -0.3 is 19.1 Å². The van der Waals surface area contributed by atoms with Crippen molar-refractivity contribution >= 4 is 28.8 Å². The van der Waals surface area contributed by atoms with Crippen LogP contribution in [0.15, 0.2) is 66.9 Å². The molecule has 1 N–H and O–H groups in total. The Balaban J connectivity index is 1.30. The van der Waals surface area contributed by atoms with Crippen LogP contribution < -0.4 is 9.64 Å². The molecule has 2 aromatic carbocycles. The molecule has 1 aliphatic rings. The van der Waals surface area contributed by atoms with Crippen molar-refractivity contribution in [1.82, 2.24) is 9.55 Å². The number of carbonyl (C=O) groups is 2. The topological polar surface area (TPSA) is 93.9 Å². The lowest BCUT2D eigenvalue weighted by Crippen LogP contribution is -2.35. The van der Waals surface area contributed by atoms with E-state index in [1.54, 1.807) is 0 Å². The lowest BCUT2D eigenvalue weighted by atomic mass is 10.0. The van der Waals surface area contributed by atoms with Crippen LogP contribution in [0.25, 0.3) is 10.9 Å². The second kappa shape index (κ2) is 11.6. The van der Waals surface area contributed by atoms with Gasteiger partial charge in [-0.1, -0.05) is 35.9 Å². The highest BCUT2D eigenvalue weighted by Crippen LogP contribution is 2.31. The van der Waals surface area contributed by atoms with Crippen LogP contribution in [-0.4, -0.2) is 46.5 Å². The third-order valence-electron chi connectivity index (χ3n) is 7.11. The Morgan fingerprint density at radius 1 is 1.08 bits per heavy atom. The second-order valence-electron chi connectivity index (χ2n) is 9.80. The molecule has 2 aromatic heterocycles. The zero-order valence-electron chi connectivity index (χ0n) is 22.3. The number of esters is 1. The smallest absolute Gasteiger partial charge is 0.413 e. The first-order chi connectivity index (χ1) is 18.9. The molecule has 3 heterocycles. The van der Waals surface area contributed by atoms with Crippen LogP contribution in [0.3, 0.4) is 0 Å². The van der Waals surface area contributed by atoms with Gasteiger partial charge in [-0.05, 0) is 68.1 Å². The lowest BCUT2D eigenvalue weighted by Gasteiger charge is -2.26. The predicted molar refractivity (Wildman–Crippen MR) is 150 cm³/mol. The van der Waals surface area contributed by atoms with Gasteiger partial charge in [0.15, 0.2) is 0 Å². The molecule has 202 valence electrons. The molecule has 0 bridgehead atoms. The fraction of sp³-hybridized carbons (Fsp3) is 0.323. The third-order valence-corrected chi connectivity index (χ3v) is 7.11. The van der Waals surface area contributed by atoms with Gasteiger partial charge in [0.1, 0.15) is 11.6 Å². The van der Waals surface area contributed by atoms with E-state index < -0.39 is 6.09 Å². The summed E-state index contributed by atoms with van der Waals surface area (Å²) in [5, 5.41) is 10.5. The van der Waals surface area contributed by atoms with Crippen LogP contribution in [0.5, 0.6) is 5.75 Å². The summed E-state index contributed by atoms with van der Waals surface area (Å²) < 4.78 is 13.4. The lowest BCUT2D eigenvalue weighted by molar-refractivity contribution is -0.143. The maximum Gasteiger partial charge on any atom is 0.413 e. The Hall–Kier alpha value is -4.33. The van der Waals surface area contributed by atoms with Gasteiger partial charge in [0.05, 0.1) is 25.7 Å². The monoisotopic (exact) mass is 527 g/mol. The maximum absolute atomic E-state index is 12.5. The molecule has 1 aliphatic heterocycles. The number of anilines is 1. The number of hydrogen-bond donors (Lipinski definition) is 1. The fourth-order valence-corrected chi connectivity index (χ4v) is 5.12. The molecule has 0 aliphatic carbocycles.